The van der Waals surface area contributed by atoms with Gasteiger partial charge in [-0.3, -0.25) is 14.6 Å². The van der Waals surface area contributed by atoms with Crippen molar-refractivity contribution < 1.29 is 18.0 Å². The second-order valence-electron chi connectivity index (χ2n) is 5.67. The Labute approximate surface area is 117 Å². The Bertz CT molecular complexity index is 325. The second kappa shape index (κ2) is 6.73. The van der Waals surface area contributed by atoms with Crippen LogP contribution in [0.2, 0.25) is 0 Å². The van der Waals surface area contributed by atoms with Crippen molar-refractivity contribution in [3.8, 4) is 0 Å². The van der Waals surface area contributed by atoms with Gasteiger partial charge >= 0.3 is 6.18 Å². The van der Waals surface area contributed by atoms with E-state index in [1.807, 2.05) is 10.2 Å². The highest BCUT2D eigenvalue weighted by Crippen LogP contribution is 2.15. The van der Waals surface area contributed by atoms with Gasteiger partial charge in [-0.05, 0) is 13.8 Å². The van der Waals surface area contributed by atoms with Crippen molar-refractivity contribution >= 4 is 5.91 Å². The fraction of sp³-hybridized carbons (Fsp3) is 0.917. The van der Waals surface area contributed by atoms with Crippen LogP contribution in [-0.4, -0.2) is 73.2 Å². The molecule has 0 aromatic carbocycles. The van der Waals surface area contributed by atoms with Crippen molar-refractivity contribution in [2.45, 2.75) is 25.6 Å². The Morgan fingerprint density at radius 2 is 1.75 bits per heavy atom. The van der Waals surface area contributed by atoms with Crippen LogP contribution in [0.5, 0.6) is 0 Å². The molecular formula is C12H23F3N4O. The van der Waals surface area contributed by atoms with Gasteiger partial charge in [0.05, 0.1) is 6.54 Å². The Morgan fingerprint density at radius 3 is 2.20 bits per heavy atom. The van der Waals surface area contributed by atoms with E-state index in [2.05, 4.69) is 18.7 Å². The van der Waals surface area contributed by atoms with Gasteiger partial charge in [-0.25, -0.2) is 0 Å². The van der Waals surface area contributed by atoms with Crippen LogP contribution in [0.4, 0.5) is 13.2 Å². The van der Waals surface area contributed by atoms with E-state index in [-0.39, 0.29) is 12.1 Å². The van der Waals surface area contributed by atoms with E-state index in [4.69, 9.17) is 5.73 Å². The molecule has 0 saturated carbocycles. The minimum absolute atomic E-state index is 0.00692. The van der Waals surface area contributed by atoms with Crippen molar-refractivity contribution in [3.63, 3.8) is 0 Å². The summed E-state index contributed by atoms with van der Waals surface area (Å²) < 4.78 is 35.9. The fourth-order valence-corrected chi connectivity index (χ4v) is 2.10. The van der Waals surface area contributed by atoms with Crippen LogP contribution < -0.4 is 11.1 Å². The minimum atomic E-state index is -4.36. The van der Waals surface area contributed by atoms with E-state index in [0.717, 1.165) is 13.1 Å². The maximum absolute atomic E-state index is 12.0. The molecule has 1 fully saturated rings. The zero-order valence-electron chi connectivity index (χ0n) is 12.0. The fourth-order valence-electron chi connectivity index (χ4n) is 2.10. The molecule has 3 N–H and O–H groups in total. The number of carbonyl (C=O) groups is 1. The number of piperazine rings is 1. The highest BCUT2D eigenvalue weighted by atomic mass is 19.4. The van der Waals surface area contributed by atoms with E-state index in [1.165, 1.54) is 0 Å². The molecule has 0 radical (unpaired) electrons. The van der Waals surface area contributed by atoms with Crippen LogP contribution in [0.15, 0.2) is 0 Å². The van der Waals surface area contributed by atoms with Crippen LogP contribution in [0.25, 0.3) is 0 Å². The van der Waals surface area contributed by atoms with Crippen LogP contribution in [0.3, 0.4) is 0 Å². The molecule has 0 bridgehead atoms. The van der Waals surface area contributed by atoms with Gasteiger partial charge in [-0.15, -0.1) is 0 Å². The standard InChI is InChI=1S/C12H23F3N4O/c1-11(2,8-16)19-5-3-18(4-6-19)7-10(20)17-9-12(13,14)15/h3-9,16H2,1-2H3,(H,17,20). The third kappa shape index (κ3) is 5.64. The Balaban J connectivity index is 2.30. The highest BCUT2D eigenvalue weighted by molar-refractivity contribution is 5.78. The number of nitrogens with two attached hydrogens (primary N) is 1. The normalized spacial score (nSPS) is 19.1. The van der Waals surface area contributed by atoms with Crippen LogP contribution >= 0.6 is 0 Å². The summed E-state index contributed by atoms with van der Waals surface area (Å²) in [5.41, 5.74) is 5.61. The molecule has 0 aliphatic carbocycles. The molecule has 1 aliphatic heterocycles. The SMILES string of the molecule is CC(C)(CN)N1CCN(CC(=O)NCC(F)(F)F)CC1. The van der Waals surface area contributed by atoms with Crippen molar-refractivity contribution in [1.29, 1.82) is 0 Å². The summed E-state index contributed by atoms with van der Waals surface area (Å²) in [6, 6.07) is 0. The maximum Gasteiger partial charge on any atom is 0.405 e. The van der Waals surface area contributed by atoms with E-state index >= 15 is 0 Å². The first-order valence-corrected chi connectivity index (χ1v) is 6.65. The third-order valence-corrected chi connectivity index (χ3v) is 3.58. The van der Waals surface area contributed by atoms with Crippen molar-refractivity contribution in [1.82, 2.24) is 15.1 Å². The summed E-state index contributed by atoms with van der Waals surface area (Å²) in [5, 5.41) is 1.88. The minimum Gasteiger partial charge on any atom is -0.346 e. The van der Waals surface area contributed by atoms with Gasteiger partial charge in [-0.2, -0.15) is 13.2 Å². The average Bonchev–Trinajstić information content (AvgIpc) is 2.36. The summed E-state index contributed by atoms with van der Waals surface area (Å²) in [7, 11) is 0. The van der Waals surface area contributed by atoms with Gasteiger partial charge in [0.1, 0.15) is 6.54 Å². The monoisotopic (exact) mass is 296 g/mol. The number of carbonyl (C=O) groups excluding carboxylic acids is 1. The van der Waals surface area contributed by atoms with Crippen molar-refractivity contribution in [3.05, 3.63) is 0 Å². The van der Waals surface area contributed by atoms with Gasteiger partial charge in [0, 0.05) is 38.3 Å². The number of rotatable bonds is 5. The summed E-state index contributed by atoms with van der Waals surface area (Å²) in [4.78, 5) is 15.5. The first-order chi connectivity index (χ1) is 9.14. The molecule has 0 spiro atoms. The van der Waals surface area contributed by atoms with Gasteiger partial charge in [0.15, 0.2) is 0 Å². The van der Waals surface area contributed by atoms with Gasteiger partial charge < -0.3 is 11.1 Å². The molecule has 118 valence electrons. The summed E-state index contributed by atoms with van der Waals surface area (Å²) in [6.45, 7) is 6.22. The molecule has 5 nitrogen and oxygen atoms in total. The number of nitrogens with one attached hydrogen (secondary N) is 1. The number of halogens is 3. The van der Waals surface area contributed by atoms with E-state index in [9.17, 15) is 18.0 Å². The molecule has 0 unspecified atom stereocenters. The lowest BCUT2D eigenvalue weighted by Gasteiger charge is -2.43. The molecule has 0 aromatic heterocycles. The second-order valence-corrected chi connectivity index (χ2v) is 5.67. The van der Waals surface area contributed by atoms with Gasteiger partial charge in [-0.1, -0.05) is 0 Å². The molecule has 1 saturated heterocycles. The summed E-state index contributed by atoms with van der Waals surface area (Å²) in [6.07, 6.45) is -4.36. The first kappa shape index (κ1) is 17.2. The molecule has 1 amide bonds. The lowest BCUT2D eigenvalue weighted by atomic mass is 10.0. The largest absolute Gasteiger partial charge is 0.405 e. The molecule has 1 rings (SSSR count). The summed E-state index contributed by atoms with van der Waals surface area (Å²) in [5.74, 6) is -0.589. The number of nitrogens with zero attached hydrogens (tertiary/aromatic N) is 2. The molecular weight excluding hydrogens is 273 g/mol. The van der Waals surface area contributed by atoms with Crippen LogP contribution in [0.1, 0.15) is 13.8 Å². The van der Waals surface area contributed by atoms with E-state index in [1.54, 1.807) is 0 Å². The molecule has 1 heterocycles. The lowest BCUT2D eigenvalue weighted by molar-refractivity contribution is -0.139. The topological polar surface area (TPSA) is 61.6 Å². The first-order valence-electron chi connectivity index (χ1n) is 6.65. The maximum atomic E-state index is 12.0. The lowest BCUT2D eigenvalue weighted by Crippen LogP contribution is -2.58. The molecule has 20 heavy (non-hydrogen) atoms. The Kier molecular flexibility index (Phi) is 5.79. The zero-order valence-corrected chi connectivity index (χ0v) is 12.0. The zero-order chi connectivity index (χ0) is 15.4. The predicted molar refractivity (Wildman–Crippen MR) is 70.2 cm³/mol. The average molecular weight is 296 g/mol. The Hall–Kier alpha value is -0.860. The van der Waals surface area contributed by atoms with Crippen LogP contribution in [-0.2, 0) is 4.79 Å². The number of hydrogen-bond acceptors (Lipinski definition) is 4. The number of alkyl halides is 3. The van der Waals surface area contributed by atoms with E-state index < -0.39 is 18.6 Å². The van der Waals surface area contributed by atoms with E-state index in [0.29, 0.717) is 19.6 Å². The Morgan fingerprint density at radius 1 is 1.20 bits per heavy atom. The number of hydrogen-bond donors (Lipinski definition) is 2. The molecule has 0 atom stereocenters. The molecule has 8 heteroatoms. The third-order valence-electron chi connectivity index (χ3n) is 3.58. The highest BCUT2D eigenvalue weighted by Gasteiger charge is 2.30. The van der Waals surface area contributed by atoms with Gasteiger partial charge in [0.2, 0.25) is 5.91 Å². The smallest absolute Gasteiger partial charge is 0.346 e. The quantitative estimate of drug-likeness (QED) is 0.751. The van der Waals surface area contributed by atoms with Crippen LogP contribution in [0, 0.1) is 0 Å². The molecule has 1 aliphatic rings. The molecule has 0 aromatic rings. The van der Waals surface area contributed by atoms with Crippen molar-refractivity contribution in [2.24, 2.45) is 5.73 Å². The van der Waals surface area contributed by atoms with Crippen molar-refractivity contribution in [2.75, 3.05) is 45.8 Å². The van der Waals surface area contributed by atoms with Gasteiger partial charge in [0.25, 0.3) is 0 Å². The summed E-state index contributed by atoms with van der Waals surface area (Å²) >= 11 is 0. The predicted octanol–water partition coefficient (Wildman–Crippen LogP) is 0.0198. The number of amides is 1.